The molecule has 0 spiro atoms. The fraction of sp³-hybridized carbons (Fsp3) is 0.750. The summed E-state index contributed by atoms with van der Waals surface area (Å²) < 4.78 is 5.01. The molecule has 1 aromatic heterocycles. The SMILES string of the molecule is Cl.c1nc(CN2CCC(N3CCNCC3)C2)co1. The Bertz CT molecular complexity index is 340. The molecule has 2 aliphatic rings. The lowest BCUT2D eigenvalue weighted by Gasteiger charge is -2.32. The second kappa shape index (κ2) is 6.52. The van der Waals surface area contributed by atoms with E-state index in [0.29, 0.717) is 0 Å². The topological polar surface area (TPSA) is 44.5 Å². The maximum atomic E-state index is 5.01. The van der Waals surface area contributed by atoms with Gasteiger partial charge in [-0.05, 0) is 6.42 Å². The van der Waals surface area contributed by atoms with Crippen molar-refractivity contribution in [3.05, 3.63) is 18.4 Å². The quantitative estimate of drug-likeness (QED) is 0.872. The van der Waals surface area contributed by atoms with E-state index >= 15 is 0 Å². The van der Waals surface area contributed by atoms with Gasteiger partial charge >= 0.3 is 0 Å². The van der Waals surface area contributed by atoms with Crippen LogP contribution in [-0.2, 0) is 6.54 Å². The molecule has 1 atom stereocenters. The predicted molar refractivity (Wildman–Crippen MR) is 71.9 cm³/mol. The first kappa shape index (κ1) is 13.8. The summed E-state index contributed by atoms with van der Waals surface area (Å²) >= 11 is 0. The summed E-state index contributed by atoms with van der Waals surface area (Å²) in [6, 6.07) is 0.740. The van der Waals surface area contributed by atoms with E-state index in [9.17, 15) is 0 Å². The van der Waals surface area contributed by atoms with E-state index in [-0.39, 0.29) is 12.4 Å². The van der Waals surface area contributed by atoms with E-state index in [1.807, 2.05) is 0 Å². The van der Waals surface area contributed by atoms with Gasteiger partial charge in [-0.3, -0.25) is 9.80 Å². The molecule has 6 heteroatoms. The Balaban J connectivity index is 0.00000120. The van der Waals surface area contributed by atoms with Crippen molar-refractivity contribution >= 4 is 12.4 Å². The fourth-order valence-electron chi connectivity index (χ4n) is 2.85. The van der Waals surface area contributed by atoms with Gasteiger partial charge in [0.15, 0.2) is 6.39 Å². The summed E-state index contributed by atoms with van der Waals surface area (Å²) in [6.45, 7) is 7.96. The van der Waals surface area contributed by atoms with Crippen LogP contribution in [0.5, 0.6) is 0 Å². The lowest BCUT2D eigenvalue weighted by atomic mass is 10.2. The van der Waals surface area contributed by atoms with Crippen molar-refractivity contribution in [1.29, 1.82) is 0 Å². The molecule has 102 valence electrons. The zero-order valence-electron chi connectivity index (χ0n) is 10.5. The second-order valence-electron chi connectivity index (χ2n) is 4.94. The fourth-order valence-corrected chi connectivity index (χ4v) is 2.85. The van der Waals surface area contributed by atoms with Gasteiger partial charge in [0.05, 0.1) is 5.69 Å². The minimum Gasteiger partial charge on any atom is -0.451 e. The van der Waals surface area contributed by atoms with Crippen molar-refractivity contribution in [3.63, 3.8) is 0 Å². The Labute approximate surface area is 114 Å². The van der Waals surface area contributed by atoms with Crippen LogP contribution in [0.2, 0.25) is 0 Å². The largest absolute Gasteiger partial charge is 0.451 e. The molecule has 0 aromatic carbocycles. The maximum Gasteiger partial charge on any atom is 0.180 e. The molecule has 0 bridgehead atoms. The van der Waals surface area contributed by atoms with Gasteiger partial charge < -0.3 is 9.73 Å². The number of nitrogens with zero attached hydrogens (tertiary/aromatic N) is 3. The van der Waals surface area contributed by atoms with Gasteiger partial charge in [0.25, 0.3) is 0 Å². The van der Waals surface area contributed by atoms with Crippen LogP contribution in [0, 0.1) is 0 Å². The molecule has 0 amide bonds. The van der Waals surface area contributed by atoms with Crippen LogP contribution in [0.15, 0.2) is 17.1 Å². The lowest BCUT2D eigenvalue weighted by molar-refractivity contribution is 0.170. The normalized spacial score (nSPS) is 26.1. The summed E-state index contributed by atoms with van der Waals surface area (Å²) in [7, 11) is 0. The monoisotopic (exact) mass is 272 g/mol. The molecule has 0 radical (unpaired) electrons. The first-order valence-electron chi connectivity index (χ1n) is 6.46. The molecule has 2 aliphatic heterocycles. The van der Waals surface area contributed by atoms with Gasteiger partial charge in [-0.2, -0.15) is 0 Å². The first-order valence-corrected chi connectivity index (χ1v) is 6.46. The van der Waals surface area contributed by atoms with Crippen molar-refractivity contribution in [2.45, 2.75) is 19.0 Å². The van der Waals surface area contributed by atoms with E-state index in [0.717, 1.165) is 31.4 Å². The molecule has 2 saturated heterocycles. The number of oxazole rings is 1. The van der Waals surface area contributed by atoms with E-state index < -0.39 is 0 Å². The zero-order chi connectivity index (χ0) is 11.5. The third-order valence-electron chi connectivity index (χ3n) is 3.78. The van der Waals surface area contributed by atoms with Crippen LogP contribution < -0.4 is 5.32 Å². The number of rotatable bonds is 3. The number of nitrogens with one attached hydrogen (secondary N) is 1. The Morgan fingerprint density at radius 1 is 1.33 bits per heavy atom. The van der Waals surface area contributed by atoms with Crippen LogP contribution >= 0.6 is 12.4 Å². The summed E-state index contributed by atoms with van der Waals surface area (Å²) in [5, 5.41) is 3.41. The number of piperazine rings is 1. The van der Waals surface area contributed by atoms with Crippen molar-refractivity contribution in [1.82, 2.24) is 20.1 Å². The summed E-state index contributed by atoms with van der Waals surface area (Å²) in [5.74, 6) is 0. The van der Waals surface area contributed by atoms with Gasteiger partial charge in [-0.25, -0.2) is 4.98 Å². The Morgan fingerprint density at radius 3 is 2.89 bits per heavy atom. The van der Waals surface area contributed by atoms with Crippen molar-refractivity contribution in [2.75, 3.05) is 39.3 Å². The first-order chi connectivity index (χ1) is 8.42. The smallest absolute Gasteiger partial charge is 0.180 e. The molecule has 2 fully saturated rings. The highest BCUT2D eigenvalue weighted by Gasteiger charge is 2.28. The Kier molecular flexibility index (Phi) is 5.00. The highest BCUT2D eigenvalue weighted by molar-refractivity contribution is 5.85. The van der Waals surface area contributed by atoms with Gasteiger partial charge in [0.2, 0.25) is 0 Å². The molecular weight excluding hydrogens is 252 g/mol. The summed E-state index contributed by atoms with van der Waals surface area (Å²) in [6.07, 6.45) is 4.55. The third kappa shape index (κ3) is 3.23. The Morgan fingerprint density at radius 2 is 2.17 bits per heavy atom. The number of aromatic nitrogens is 1. The van der Waals surface area contributed by atoms with Crippen molar-refractivity contribution in [2.24, 2.45) is 0 Å². The maximum absolute atomic E-state index is 5.01. The van der Waals surface area contributed by atoms with E-state index in [2.05, 4.69) is 20.1 Å². The number of hydrogen-bond acceptors (Lipinski definition) is 5. The minimum absolute atomic E-state index is 0. The van der Waals surface area contributed by atoms with Crippen molar-refractivity contribution in [3.8, 4) is 0 Å². The molecule has 3 heterocycles. The molecule has 3 rings (SSSR count). The zero-order valence-corrected chi connectivity index (χ0v) is 11.4. The molecule has 1 N–H and O–H groups in total. The second-order valence-corrected chi connectivity index (χ2v) is 4.94. The average molecular weight is 273 g/mol. The van der Waals surface area contributed by atoms with Gasteiger partial charge in [-0.1, -0.05) is 0 Å². The molecule has 1 unspecified atom stereocenters. The minimum atomic E-state index is 0. The highest BCUT2D eigenvalue weighted by Crippen LogP contribution is 2.17. The highest BCUT2D eigenvalue weighted by atomic mass is 35.5. The van der Waals surface area contributed by atoms with Crippen molar-refractivity contribution < 1.29 is 4.42 Å². The van der Waals surface area contributed by atoms with Crippen LogP contribution in [0.4, 0.5) is 0 Å². The number of likely N-dealkylation sites (tertiary alicyclic amines) is 1. The molecule has 1 aromatic rings. The molecule has 0 saturated carbocycles. The van der Waals surface area contributed by atoms with Crippen LogP contribution in [0.3, 0.4) is 0 Å². The van der Waals surface area contributed by atoms with Gasteiger partial charge in [0.1, 0.15) is 6.26 Å². The summed E-state index contributed by atoms with van der Waals surface area (Å²) in [4.78, 5) is 9.29. The molecule has 0 aliphatic carbocycles. The van der Waals surface area contributed by atoms with Gasteiger partial charge in [0, 0.05) is 51.9 Å². The lowest BCUT2D eigenvalue weighted by Crippen LogP contribution is -2.49. The van der Waals surface area contributed by atoms with E-state index in [4.69, 9.17) is 4.42 Å². The molecule has 5 nitrogen and oxygen atoms in total. The molecule has 18 heavy (non-hydrogen) atoms. The standard InChI is InChI=1S/C12H20N4O.ClH/c1-4-15(7-11-9-17-10-14-11)8-12(1)16-5-2-13-3-6-16;/h9-10,12-13H,1-8H2;1H. The summed E-state index contributed by atoms with van der Waals surface area (Å²) in [5.41, 5.74) is 1.05. The third-order valence-corrected chi connectivity index (χ3v) is 3.78. The number of hydrogen-bond donors (Lipinski definition) is 1. The Hall–Kier alpha value is -0.620. The number of halogens is 1. The van der Waals surface area contributed by atoms with Crippen LogP contribution in [0.25, 0.3) is 0 Å². The van der Waals surface area contributed by atoms with E-state index in [1.54, 1.807) is 6.26 Å². The molecular formula is C12H21ClN4O. The van der Waals surface area contributed by atoms with Gasteiger partial charge in [-0.15, -0.1) is 12.4 Å². The van der Waals surface area contributed by atoms with Crippen LogP contribution in [-0.4, -0.2) is 60.1 Å². The predicted octanol–water partition coefficient (Wildman–Crippen LogP) is 0.576. The van der Waals surface area contributed by atoms with E-state index in [1.165, 1.54) is 39.0 Å². The van der Waals surface area contributed by atoms with Crippen LogP contribution in [0.1, 0.15) is 12.1 Å². The average Bonchev–Trinajstić information content (AvgIpc) is 3.02.